The molecule has 0 radical (unpaired) electrons. The zero-order valence-electron chi connectivity index (χ0n) is 11.3. The fourth-order valence-electron chi connectivity index (χ4n) is 2.02. The second-order valence-corrected chi connectivity index (χ2v) is 6.58. The molecule has 3 heterocycles. The Labute approximate surface area is 133 Å². The van der Waals surface area contributed by atoms with Gasteiger partial charge in [-0.2, -0.15) is 0 Å². The maximum atomic E-state index is 12.2. The first kappa shape index (κ1) is 14.9. The van der Waals surface area contributed by atoms with Crippen molar-refractivity contribution in [3.05, 3.63) is 40.4 Å². The Morgan fingerprint density at radius 3 is 2.91 bits per heavy atom. The van der Waals surface area contributed by atoms with E-state index in [0.29, 0.717) is 17.3 Å². The van der Waals surface area contributed by atoms with E-state index in [1.165, 1.54) is 6.20 Å². The van der Waals surface area contributed by atoms with Gasteiger partial charge in [0, 0.05) is 24.7 Å². The molecule has 0 saturated carbocycles. The van der Waals surface area contributed by atoms with E-state index < -0.39 is 17.1 Å². The van der Waals surface area contributed by atoms with Gasteiger partial charge in [0.1, 0.15) is 5.56 Å². The Morgan fingerprint density at radius 1 is 1.41 bits per heavy atom. The molecule has 1 aliphatic rings. The van der Waals surface area contributed by atoms with Gasteiger partial charge in [-0.1, -0.05) is 0 Å². The molecule has 0 unspecified atom stereocenters. The number of hydrogen-bond donors (Lipinski definition) is 1. The third-order valence-electron chi connectivity index (χ3n) is 3.13. The SMILES string of the molecule is O=C(O)c1cnc2c(SC(=O)N3CCSC3)cccn2c1=O. The van der Waals surface area contributed by atoms with Crippen LogP contribution in [-0.2, 0) is 0 Å². The van der Waals surface area contributed by atoms with Crippen LogP contribution in [0.25, 0.3) is 5.65 Å². The number of aromatic carboxylic acids is 1. The van der Waals surface area contributed by atoms with Crippen molar-refractivity contribution in [3.63, 3.8) is 0 Å². The van der Waals surface area contributed by atoms with E-state index in [2.05, 4.69) is 4.98 Å². The standard InChI is InChI=1S/C13H11N3O4S2/c17-11-8(12(18)19)6-14-10-9(2-1-3-16(10)11)22-13(20)15-4-5-21-7-15/h1-3,6H,4-5,7H2,(H,18,19). The lowest BCUT2D eigenvalue weighted by Crippen LogP contribution is -2.25. The number of pyridine rings is 1. The fourth-order valence-corrected chi connectivity index (χ4v) is 3.91. The minimum Gasteiger partial charge on any atom is -0.477 e. The van der Waals surface area contributed by atoms with Crippen molar-refractivity contribution in [2.45, 2.75) is 4.90 Å². The number of hydrogen-bond acceptors (Lipinski definition) is 6. The maximum Gasteiger partial charge on any atom is 0.342 e. The van der Waals surface area contributed by atoms with Crippen molar-refractivity contribution in [1.29, 1.82) is 0 Å². The van der Waals surface area contributed by atoms with Crippen molar-refractivity contribution in [2.24, 2.45) is 0 Å². The minimum atomic E-state index is -1.32. The first-order chi connectivity index (χ1) is 10.6. The summed E-state index contributed by atoms with van der Waals surface area (Å²) in [6, 6.07) is 3.28. The van der Waals surface area contributed by atoms with Gasteiger partial charge in [-0.3, -0.25) is 14.0 Å². The summed E-state index contributed by atoms with van der Waals surface area (Å²) >= 11 is 2.69. The van der Waals surface area contributed by atoms with Crippen LogP contribution in [0.5, 0.6) is 0 Å². The third kappa shape index (κ3) is 2.69. The largest absolute Gasteiger partial charge is 0.477 e. The lowest BCUT2D eigenvalue weighted by atomic mass is 10.3. The van der Waals surface area contributed by atoms with Crippen LogP contribution in [0.4, 0.5) is 4.79 Å². The molecule has 1 amide bonds. The Bertz CT molecular complexity index is 815. The van der Waals surface area contributed by atoms with Crippen LogP contribution in [0.15, 0.2) is 34.2 Å². The van der Waals surface area contributed by atoms with Crippen molar-refractivity contribution in [2.75, 3.05) is 18.2 Å². The molecule has 0 aliphatic carbocycles. The molecule has 114 valence electrons. The van der Waals surface area contributed by atoms with E-state index in [9.17, 15) is 14.4 Å². The molecule has 1 saturated heterocycles. The monoisotopic (exact) mass is 337 g/mol. The Kier molecular flexibility index (Phi) is 4.08. The number of carbonyl (C=O) groups excluding carboxylic acids is 1. The number of thioether (sulfide) groups is 2. The van der Waals surface area contributed by atoms with E-state index >= 15 is 0 Å². The van der Waals surface area contributed by atoms with Crippen molar-refractivity contribution in [1.82, 2.24) is 14.3 Å². The summed E-state index contributed by atoms with van der Waals surface area (Å²) in [5.41, 5.74) is -0.784. The number of carboxylic acid groups (broad SMARTS) is 1. The topological polar surface area (TPSA) is 92.0 Å². The molecule has 1 aliphatic heterocycles. The summed E-state index contributed by atoms with van der Waals surface area (Å²) in [5, 5.41) is 8.86. The molecule has 1 fully saturated rings. The first-order valence-electron chi connectivity index (χ1n) is 6.36. The van der Waals surface area contributed by atoms with Gasteiger partial charge in [0.25, 0.3) is 10.8 Å². The highest BCUT2D eigenvalue weighted by atomic mass is 32.2. The number of nitrogens with zero attached hydrogens (tertiary/aromatic N) is 3. The molecule has 7 nitrogen and oxygen atoms in total. The van der Waals surface area contributed by atoms with Gasteiger partial charge in [-0.25, -0.2) is 9.78 Å². The number of rotatable bonds is 2. The summed E-state index contributed by atoms with van der Waals surface area (Å²) in [5.74, 6) is 0.254. The van der Waals surface area contributed by atoms with Crippen molar-refractivity contribution in [3.8, 4) is 0 Å². The quantitative estimate of drug-likeness (QED) is 0.832. The van der Waals surface area contributed by atoms with E-state index in [1.807, 2.05) is 0 Å². The highest BCUT2D eigenvalue weighted by Crippen LogP contribution is 2.27. The highest BCUT2D eigenvalue weighted by Gasteiger charge is 2.21. The number of aromatic nitrogens is 2. The van der Waals surface area contributed by atoms with E-state index in [-0.39, 0.29) is 10.9 Å². The Hall–Kier alpha value is -2.00. The lowest BCUT2D eigenvalue weighted by molar-refractivity contribution is 0.0694. The number of carboxylic acids is 1. The van der Waals surface area contributed by atoms with Gasteiger partial charge in [0.2, 0.25) is 0 Å². The summed E-state index contributed by atoms with van der Waals surface area (Å²) in [7, 11) is 0. The molecule has 0 aromatic carbocycles. The van der Waals surface area contributed by atoms with Crippen LogP contribution in [0.3, 0.4) is 0 Å². The van der Waals surface area contributed by atoms with Crippen LogP contribution < -0.4 is 5.56 Å². The van der Waals surface area contributed by atoms with Gasteiger partial charge >= 0.3 is 5.97 Å². The fraction of sp³-hybridized carbons (Fsp3) is 0.231. The van der Waals surface area contributed by atoms with Gasteiger partial charge in [-0.05, 0) is 23.9 Å². The summed E-state index contributed by atoms with van der Waals surface area (Å²) in [6.45, 7) is 0.706. The number of fused-ring (bicyclic) bond motifs is 1. The predicted octanol–water partition coefficient (Wildman–Crippen LogP) is 1.61. The highest BCUT2D eigenvalue weighted by molar-refractivity contribution is 8.13. The van der Waals surface area contributed by atoms with E-state index in [4.69, 9.17) is 5.11 Å². The van der Waals surface area contributed by atoms with E-state index in [1.54, 1.807) is 28.8 Å². The average Bonchev–Trinajstić information content (AvgIpc) is 3.02. The average molecular weight is 337 g/mol. The molecule has 0 atom stereocenters. The van der Waals surface area contributed by atoms with Gasteiger partial charge in [-0.15, -0.1) is 11.8 Å². The first-order valence-corrected chi connectivity index (χ1v) is 8.33. The Morgan fingerprint density at radius 2 is 2.23 bits per heavy atom. The molecule has 2 aromatic rings. The normalized spacial score (nSPS) is 14.5. The zero-order chi connectivity index (χ0) is 15.7. The van der Waals surface area contributed by atoms with Crippen molar-refractivity contribution >= 4 is 40.4 Å². The lowest BCUT2D eigenvalue weighted by Gasteiger charge is -2.14. The van der Waals surface area contributed by atoms with Gasteiger partial charge < -0.3 is 10.0 Å². The molecular weight excluding hydrogens is 326 g/mol. The molecular formula is C13H11N3O4S2. The molecule has 2 aromatic heterocycles. The Balaban J connectivity index is 2.00. The van der Waals surface area contributed by atoms with Crippen LogP contribution in [0.1, 0.15) is 10.4 Å². The molecule has 1 N–H and O–H groups in total. The number of carbonyl (C=O) groups is 2. The van der Waals surface area contributed by atoms with Gasteiger partial charge in [0.05, 0.1) is 10.8 Å². The predicted molar refractivity (Wildman–Crippen MR) is 83.7 cm³/mol. The molecule has 0 bridgehead atoms. The smallest absolute Gasteiger partial charge is 0.342 e. The summed E-state index contributed by atoms with van der Waals surface area (Å²) in [6.07, 6.45) is 2.47. The molecule has 9 heteroatoms. The zero-order valence-corrected chi connectivity index (χ0v) is 12.9. The molecule has 0 spiro atoms. The van der Waals surface area contributed by atoms with Crippen LogP contribution in [0, 0.1) is 0 Å². The summed E-state index contributed by atoms with van der Waals surface area (Å²) < 4.78 is 1.15. The molecule has 22 heavy (non-hydrogen) atoms. The summed E-state index contributed by atoms with van der Waals surface area (Å²) in [4.78, 5) is 41.5. The second kappa shape index (κ2) is 6.01. The van der Waals surface area contributed by atoms with Crippen LogP contribution in [-0.4, -0.2) is 48.8 Å². The van der Waals surface area contributed by atoms with Crippen LogP contribution >= 0.6 is 23.5 Å². The van der Waals surface area contributed by atoms with Crippen molar-refractivity contribution < 1.29 is 14.7 Å². The van der Waals surface area contributed by atoms with Gasteiger partial charge in [0.15, 0.2) is 5.65 Å². The number of amides is 1. The van der Waals surface area contributed by atoms with E-state index in [0.717, 1.165) is 28.1 Å². The maximum absolute atomic E-state index is 12.2. The second-order valence-electron chi connectivity index (χ2n) is 4.52. The van der Waals surface area contributed by atoms with Crippen LogP contribution in [0.2, 0.25) is 0 Å². The minimum absolute atomic E-state index is 0.102. The third-order valence-corrected chi connectivity index (χ3v) is 5.07. The molecule has 3 rings (SSSR count).